The second-order valence-corrected chi connectivity index (χ2v) is 6.02. The number of nitrogens with one attached hydrogen (secondary N) is 1. The van der Waals surface area contributed by atoms with E-state index >= 15 is 0 Å². The van der Waals surface area contributed by atoms with E-state index in [1.807, 2.05) is 4.90 Å². The lowest BCUT2D eigenvalue weighted by atomic mass is 9.98. The zero-order chi connectivity index (χ0) is 10.9. The van der Waals surface area contributed by atoms with Gasteiger partial charge in [-0.3, -0.25) is 14.3 Å². The summed E-state index contributed by atoms with van der Waals surface area (Å²) in [5, 5.41) is 3.33. The fourth-order valence-electron chi connectivity index (χ4n) is 2.49. The van der Waals surface area contributed by atoms with E-state index < -0.39 is 10.8 Å². The van der Waals surface area contributed by atoms with E-state index in [4.69, 9.17) is 0 Å². The molecule has 0 aromatic carbocycles. The van der Waals surface area contributed by atoms with Gasteiger partial charge in [0, 0.05) is 29.4 Å². The molecule has 1 saturated heterocycles. The maximum Gasteiger partial charge on any atom is 0.243 e. The molecule has 86 valence electrons. The normalized spacial score (nSPS) is 26.5. The quantitative estimate of drug-likeness (QED) is 0.746. The first-order valence-electron chi connectivity index (χ1n) is 5.48. The van der Waals surface area contributed by atoms with Gasteiger partial charge in [-0.1, -0.05) is 12.8 Å². The first-order chi connectivity index (χ1) is 7.14. The number of nitrogens with zero attached hydrogens (tertiary/aromatic N) is 1. The molecular weight excluding hydrogens is 212 g/mol. The summed E-state index contributed by atoms with van der Waals surface area (Å²) in [6.07, 6.45) is 5.91. The molecule has 0 aromatic heterocycles. The Labute approximate surface area is 92.9 Å². The minimum atomic E-state index is -0.811. The van der Waals surface area contributed by atoms with E-state index in [2.05, 4.69) is 5.32 Å². The molecule has 0 aromatic rings. The summed E-state index contributed by atoms with van der Waals surface area (Å²) in [5.74, 6) is 0.814. The van der Waals surface area contributed by atoms with Crippen LogP contribution in [0, 0.1) is 0 Å². The van der Waals surface area contributed by atoms with Gasteiger partial charge in [0.1, 0.15) is 0 Å². The molecule has 4 nitrogen and oxygen atoms in total. The highest BCUT2D eigenvalue weighted by molar-refractivity contribution is 7.84. The van der Waals surface area contributed by atoms with Crippen molar-refractivity contribution < 1.29 is 9.00 Å². The molecular formula is C10H18N2O2S. The van der Waals surface area contributed by atoms with Crippen molar-refractivity contribution in [2.24, 2.45) is 0 Å². The molecule has 1 N–H and O–H groups in total. The molecule has 1 atom stereocenters. The third kappa shape index (κ3) is 2.08. The van der Waals surface area contributed by atoms with Crippen molar-refractivity contribution in [1.29, 1.82) is 0 Å². The molecule has 1 aliphatic heterocycles. The molecule has 1 aliphatic carbocycles. The molecule has 2 fully saturated rings. The predicted octanol–water partition coefficient (Wildman–Crippen LogP) is 0.0670. The largest absolute Gasteiger partial charge is 0.327 e. The standard InChI is InChI=1S/C10H18N2O2S/c1-15(14)7-6-12-8-11-10(9(12)13)4-2-3-5-10/h11H,2-8H2,1H3. The van der Waals surface area contributed by atoms with E-state index in [9.17, 15) is 9.00 Å². The summed E-state index contributed by atoms with van der Waals surface area (Å²) in [4.78, 5) is 13.9. The molecule has 2 aliphatic rings. The molecule has 1 heterocycles. The van der Waals surface area contributed by atoms with E-state index in [0.29, 0.717) is 19.0 Å². The maximum absolute atomic E-state index is 12.1. The minimum absolute atomic E-state index is 0.227. The Morgan fingerprint density at radius 2 is 2.13 bits per heavy atom. The van der Waals surface area contributed by atoms with Crippen molar-refractivity contribution in [2.45, 2.75) is 31.2 Å². The monoisotopic (exact) mass is 230 g/mol. The summed E-state index contributed by atoms with van der Waals surface area (Å²) in [6.45, 7) is 1.26. The highest BCUT2D eigenvalue weighted by Crippen LogP contribution is 2.34. The number of hydrogen-bond donors (Lipinski definition) is 1. The van der Waals surface area contributed by atoms with E-state index in [1.54, 1.807) is 6.26 Å². The number of carbonyl (C=O) groups excluding carboxylic acids is 1. The molecule has 15 heavy (non-hydrogen) atoms. The molecule has 0 radical (unpaired) electrons. The smallest absolute Gasteiger partial charge is 0.243 e. The Morgan fingerprint density at radius 1 is 1.47 bits per heavy atom. The fourth-order valence-corrected chi connectivity index (χ4v) is 2.96. The molecule has 0 bridgehead atoms. The average Bonchev–Trinajstić information content (AvgIpc) is 2.76. The predicted molar refractivity (Wildman–Crippen MR) is 59.8 cm³/mol. The van der Waals surface area contributed by atoms with Crippen LogP contribution in [0.25, 0.3) is 0 Å². The Balaban J connectivity index is 1.95. The van der Waals surface area contributed by atoms with Crippen LogP contribution in [0.3, 0.4) is 0 Å². The summed E-state index contributed by atoms with van der Waals surface area (Å²) < 4.78 is 11.0. The van der Waals surface area contributed by atoms with Gasteiger partial charge in [-0.15, -0.1) is 0 Å². The first-order valence-corrected chi connectivity index (χ1v) is 7.21. The van der Waals surface area contributed by atoms with Gasteiger partial charge in [0.15, 0.2) is 0 Å². The van der Waals surface area contributed by atoms with Crippen LogP contribution in [0.4, 0.5) is 0 Å². The van der Waals surface area contributed by atoms with Crippen LogP contribution in [-0.2, 0) is 15.6 Å². The lowest BCUT2D eigenvalue weighted by Gasteiger charge is -2.21. The highest BCUT2D eigenvalue weighted by atomic mass is 32.2. The third-order valence-electron chi connectivity index (χ3n) is 3.41. The Kier molecular flexibility index (Phi) is 3.11. The van der Waals surface area contributed by atoms with Crippen LogP contribution in [0.15, 0.2) is 0 Å². The molecule has 2 rings (SSSR count). The Hall–Kier alpha value is -0.420. The topological polar surface area (TPSA) is 49.4 Å². The SMILES string of the molecule is CS(=O)CCN1CNC2(CCCC2)C1=O. The van der Waals surface area contributed by atoms with Gasteiger partial charge in [0.25, 0.3) is 0 Å². The minimum Gasteiger partial charge on any atom is -0.327 e. The number of rotatable bonds is 3. The second-order valence-electron chi connectivity index (χ2n) is 4.47. The number of hydrogen-bond acceptors (Lipinski definition) is 3. The van der Waals surface area contributed by atoms with E-state index in [-0.39, 0.29) is 11.4 Å². The summed E-state index contributed by atoms with van der Waals surface area (Å²) in [5.41, 5.74) is -0.255. The van der Waals surface area contributed by atoms with Crippen LogP contribution in [0.2, 0.25) is 0 Å². The van der Waals surface area contributed by atoms with Gasteiger partial charge in [0.05, 0.1) is 12.2 Å². The lowest BCUT2D eigenvalue weighted by Crippen LogP contribution is -2.44. The van der Waals surface area contributed by atoms with Gasteiger partial charge in [-0.25, -0.2) is 0 Å². The van der Waals surface area contributed by atoms with Crippen molar-refractivity contribution in [1.82, 2.24) is 10.2 Å². The van der Waals surface area contributed by atoms with Gasteiger partial charge >= 0.3 is 0 Å². The Bertz CT molecular complexity index is 287. The van der Waals surface area contributed by atoms with Gasteiger partial charge in [-0.2, -0.15) is 0 Å². The van der Waals surface area contributed by atoms with Gasteiger partial charge in [0.2, 0.25) is 5.91 Å². The van der Waals surface area contributed by atoms with Crippen LogP contribution >= 0.6 is 0 Å². The van der Waals surface area contributed by atoms with Gasteiger partial charge in [-0.05, 0) is 12.8 Å². The summed E-state index contributed by atoms with van der Waals surface area (Å²) in [6, 6.07) is 0. The first kappa shape index (κ1) is 11.1. The molecule has 1 amide bonds. The summed E-state index contributed by atoms with van der Waals surface area (Å²) in [7, 11) is -0.811. The van der Waals surface area contributed by atoms with E-state index in [1.165, 1.54) is 0 Å². The highest BCUT2D eigenvalue weighted by Gasteiger charge is 2.47. The molecule has 5 heteroatoms. The average molecular weight is 230 g/mol. The fraction of sp³-hybridized carbons (Fsp3) is 0.900. The van der Waals surface area contributed by atoms with Gasteiger partial charge < -0.3 is 4.90 Å². The summed E-state index contributed by atoms with van der Waals surface area (Å²) >= 11 is 0. The molecule has 1 spiro atoms. The van der Waals surface area contributed by atoms with E-state index in [0.717, 1.165) is 25.7 Å². The third-order valence-corrected chi connectivity index (χ3v) is 4.17. The van der Waals surface area contributed by atoms with Crippen molar-refractivity contribution in [3.63, 3.8) is 0 Å². The molecule has 1 saturated carbocycles. The zero-order valence-corrected chi connectivity index (χ0v) is 9.94. The Morgan fingerprint density at radius 3 is 2.73 bits per heavy atom. The molecule has 1 unspecified atom stereocenters. The van der Waals surface area contributed by atoms with Crippen molar-refractivity contribution in [2.75, 3.05) is 25.2 Å². The van der Waals surface area contributed by atoms with Crippen LogP contribution in [-0.4, -0.2) is 45.8 Å². The van der Waals surface area contributed by atoms with Crippen LogP contribution in [0.5, 0.6) is 0 Å². The second kappa shape index (κ2) is 4.22. The van der Waals surface area contributed by atoms with Crippen molar-refractivity contribution in [3.8, 4) is 0 Å². The van der Waals surface area contributed by atoms with Crippen molar-refractivity contribution >= 4 is 16.7 Å². The maximum atomic E-state index is 12.1. The number of amides is 1. The number of carbonyl (C=O) groups is 1. The van der Waals surface area contributed by atoms with Crippen molar-refractivity contribution in [3.05, 3.63) is 0 Å². The lowest BCUT2D eigenvalue weighted by molar-refractivity contribution is -0.132. The van der Waals surface area contributed by atoms with Crippen LogP contribution < -0.4 is 5.32 Å². The van der Waals surface area contributed by atoms with Crippen LogP contribution in [0.1, 0.15) is 25.7 Å². The zero-order valence-electron chi connectivity index (χ0n) is 9.12.